The standard InChI is InChI=1S/C17H35NO.C3H7NO.2ClH/c1-3-4-5-6-7-8-9-10-11-12-13-14-15-16(2)17(18)19;1-2-3(4)5;;/h16H,3-15H2,1-2H3,(H2,18,19);2H2,1H3,(H2,4,5);2*1H. The van der Waals surface area contributed by atoms with Crippen LogP contribution in [0.15, 0.2) is 0 Å². The molecule has 0 saturated carbocycles. The van der Waals surface area contributed by atoms with Gasteiger partial charge < -0.3 is 11.5 Å². The summed E-state index contributed by atoms with van der Waals surface area (Å²) in [5.74, 6) is -0.337. The maximum absolute atomic E-state index is 10.9. The molecule has 1 atom stereocenters. The summed E-state index contributed by atoms with van der Waals surface area (Å²) in [4.78, 5) is 20.4. The first kappa shape index (κ1) is 33.1. The van der Waals surface area contributed by atoms with Gasteiger partial charge in [-0.2, -0.15) is 0 Å². The molecule has 0 bridgehead atoms. The Morgan fingerprint density at radius 2 is 1.00 bits per heavy atom. The molecule has 1 unspecified atom stereocenters. The Kier molecular flexibility index (Phi) is 34.1. The van der Waals surface area contributed by atoms with E-state index in [4.69, 9.17) is 5.73 Å². The maximum atomic E-state index is 10.9. The van der Waals surface area contributed by atoms with Crippen LogP contribution in [-0.4, -0.2) is 11.8 Å². The van der Waals surface area contributed by atoms with Crippen LogP contribution in [0.5, 0.6) is 0 Å². The Morgan fingerprint density at radius 3 is 1.27 bits per heavy atom. The van der Waals surface area contributed by atoms with Crippen LogP contribution in [0.25, 0.3) is 0 Å². The van der Waals surface area contributed by atoms with Gasteiger partial charge in [-0.1, -0.05) is 97.8 Å². The van der Waals surface area contributed by atoms with E-state index in [1.54, 1.807) is 6.92 Å². The van der Waals surface area contributed by atoms with Crippen molar-refractivity contribution < 1.29 is 9.59 Å². The molecule has 0 aromatic heterocycles. The minimum Gasteiger partial charge on any atom is -0.370 e. The van der Waals surface area contributed by atoms with Crippen LogP contribution in [0.4, 0.5) is 0 Å². The van der Waals surface area contributed by atoms with Gasteiger partial charge in [0.05, 0.1) is 0 Å². The Morgan fingerprint density at radius 1 is 0.692 bits per heavy atom. The monoisotopic (exact) mass is 414 g/mol. The quantitative estimate of drug-likeness (QED) is 0.325. The van der Waals surface area contributed by atoms with Crippen molar-refractivity contribution >= 4 is 36.6 Å². The summed E-state index contributed by atoms with van der Waals surface area (Å²) in [5, 5.41) is 0. The Hall–Kier alpha value is -0.480. The fourth-order valence-corrected chi connectivity index (χ4v) is 2.43. The van der Waals surface area contributed by atoms with Gasteiger partial charge in [0.1, 0.15) is 0 Å². The SMILES string of the molecule is CCC(N)=O.CCCCCCCCCCCCCCC(C)C(N)=O.Cl.Cl. The van der Waals surface area contributed by atoms with Crippen LogP contribution < -0.4 is 11.5 Å². The molecular formula is C20H44Cl2N2O2. The summed E-state index contributed by atoms with van der Waals surface area (Å²) >= 11 is 0. The lowest BCUT2D eigenvalue weighted by molar-refractivity contribution is -0.121. The van der Waals surface area contributed by atoms with Crippen molar-refractivity contribution in [3.05, 3.63) is 0 Å². The van der Waals surface area contributed by atoms with E-state index in [1.807, 2.05) is 6.92 Å². The highest BCUT2D eigenvalue weighted by Gasteiger charge is 2.06. The summed E-state index contributed by atoms with van der Waals surface area (Å²) in [6.45, 7) is 5.92. The van der Waals surface area contributed by atoms with Crippen molar-refractivity contribution in [3.8, 4) is 0 Å². The second-order valence-corrected chi connectivity index (χ2v) is 6.80. The van der Waals surface area contributed by atoms with Gasteiger partial charge in [0.15, 0.2) is 0 Å². The number of halogens is 2. The molecule has 0 aliphatic heterocycles. The lowest BCUT2D eigenvalue weighted by Gasteiger charge is -2.06. The predicted octanol–water partition coefficient (Wildman–Crippen LogP) is 5.92. The summed E-state index contributed by atoms with van der Waals surface area (Å²) in [6, 6.07) is 0. The van der Waals surface area contributed by atoms with E-state index < -0.39 is 0 Å². The number of carbonyl (C=O) groups excluding carboxylic acids is 2. The molecule has 26 heavy (non-hydrogen) atoms. The van der Waals surface area contributed by atoms with Crippen molar-refractivity contribution in [1.29, 1.82) is 0 Å². The Bertz CT molecular complexity index is 304. The lowest BCUT2D eigenvalue weighted by atomic mass is 10.0. The van der Waals surface area contributed by atoms with Gasteiger partial charge in [0, 0.05) is 12.3 Å². The van der Waals surface area contributed by atoms with Gasteiger partial charge in [-0.25, -0.2) is 0 Å². The van der Waals surface area contributed by atoms with E-state index in [0.717, 1.165) is 12.8 Å². The van der Waals surface area contributed by atoms with Gasteiger partial charge >= 0.3 is 0 Å². The number of nitrogens with two attached hydrogens (primary N) is 2. The molecular weight excluding hydrogens is 371 g/mol. The second-order valence-electron chi connectivity index (χ2n) is 6.80. The molecule has 4 nitrogen and oxygen atoms in total. The highest BCUT2D eigenvalue weighted by Crippen LogP contribution is 2.14. The maximum Gasteiger partial charge on any atom is 0.220 e. The average Bonchev–Trinajstić information content (AvgIpc) is 2.56. The third-order valence-corrected chi connectivity index (χ3v) is 4.32. The number of amides is 2. The zero-order valence-electron chi connectivity index (χ0n) is 17.3. The summed E-state index contributed by atoms with van der Waals surface area (Å²) in [7, 11) is 0. The fourth-order valence-electron chi connectivity index (χ4n) is 2.43. The third kappa shape index (κ3) is 31.3. The summed E-state index contributed by atoms with van der Waals surface area (Å²) in [6.07, 6.45) is 17.7. The first-order chi connectivity index (χ1) is 11.5. The number of rotatable bonds is 15. The van der Waals surface area contributed by atoms with Crippen molar-refractivity contribution in [3.63, 3.8) is 0 Å². The van der Waals surface area contributed by atoms with Crippen molar-refractivity contribution in [1.82, 2.24) is 0 Å². The van der Waals surface area contributed by atoms with Crippen LogP contribution >= 0.6 is 24.8 Å². The molecule has 160 valence electrons. The molecule has 0 spiro atoms. The molecule has 0 aliphatic rings. The number of carbonyl (C=O) groups is 2. The first-order valence-electron chi connectivity index (χ1n) is 10.0. The fraction of sp³-hybridized carbons (Fsp3) is 0.900. The van der Waals surface area contributed by atoms with Crippen LogP contribution in [0.1, 0.15) is 111 Å². The number of unbranched alkanes of at least 4 members (excludes halogenated alkanes) is 11. The van der Waals surface area contributed by atoms with E-state index in [2.05, 4.69) is 12.7 Å². The van der Waals surface area contributed by atoms with Gasteiger partial charge in [-0.3, -0.25) is 9.59 Å². The van der Waals surface area contributed by atoms with Gasteiger partial charge in [-0.05, 0) is 6.42 Å². The van der Waals surface area contributed by atoms with Gasteiger partial charge in [-0.15, -0.1) is 24.8 Å². The predicted molar refractivity (Wildman–Crippen MR) is 118 cm³/mol. The van der Waals surface area contributed by atoms with Crippen molar-refractivity contribution in [2.24, 2.45) is 17.4 Å². The molecule has 6 heteroatoms. The average molecular weight is 415 g/mol. The zero-order chi connectivity index (χ0) is 18.6. The second kappa shape index (κ2) is 26.7. The lowest BCUT2D eigenvalue weighted by Crippen LogP contribution is -2.20. The number of hydrogen-bond donors (Lipinski definition) is 2. The topological polar surface area (TPSA) is 86.2 Å². The minimum atomic E-state index is -0.245. The van der Waals surface area contributed by atoms with Crippen LogP contribution in [0.2, 0.25) is 0 Å². The number of hydrogen-bond acceptors (Lipinski definition) is 2. The third-order valence-electron chi connectivity index (χ3n) is 4.32. The summed E-state index contributed by atoms with van der Waals surface area (Å²) in [5.41, 5.74) is 9.89. The smallest absolute Gasteiger partial charge is 0.220 e. The van der Waals surface area contributed by atoms with E-state index in [1.165, 1.54) is 70.6 Å². The van der Waals surface area contributed by atoms with Crippen LogP contribution in [0.3, 0.4) is 0 Å². The van der Waals surface area contributed by atoms with Crippen molar-refractivity contribution in [2.75, 3.05) is 0 Å². The Balaban J connectivity index is -0.000000304. The minimum absolute atomic E-state index is 0. The van der Waals surface area contributed by atoms with E-state index in [-0.39, 0.29) is 42.5 Å². The first-order valence-corrected chi connectivity index (χ1v) is 10.0. The van der Waals surface area contributed by atoms with Crippen molar-refractivity contribution in [2.45, 2.75) is 111 Å². The Labute approximate surface area is 174 Å². The molecule has 0 radical (unpaired) electrons. The molecule has 0 rings (SSSR count). The molecule has 0 aromatic carbocycles. The van der Waals surface area contributed by atoms with Gasteiger partial charge in [0.2, 0.25) is 11.8 Å². The molecule has 0 aliphatic carbocycles. The largest absolute Gasteiger partial charge is 0.370 e. The highest BCUT2D eigenvalue weighted by molar-refractivity contribution is 5.85. The van der Waals surface area contributed by atoms with E-state index in [9.17, 15) is 9.59 Å². The molecule has 0 aromatic rings. The number of primary amides is 2. The summed E-state index contributed by atoms with van der Waals surface area (Å²) < 4.78 is 0. The van der Waals surface area contributed by atoms with Crippen LogP contribution in [0, 0.1) is 5.92 Å². The van der Waals surface area contributed by atoms with Crippen LogP contribution in [-0.2, 0) is 9.59 Å². The van der Waals surface area contributed by atoms with E-state index in [0.29, 0.717) is 6.42 Å². The molecule has 4 N–H and O–H groups in total. The van der Waals surface area contributed by atoms with E-state index >= 15 is 0 Å². The molecule has 0 heterocycles. The zero-order valence-corrected chi connectivity index (χ0v) is 18.9. The normalized spacial score (nSPS) is 10.6. The molecule has 0 saturated heterocycles. The molecule has 0 fully saturated rings. The highest BCUT2D eigenvalue weighted by atomic mass is 35.5. The molecule has 2 amide bonds. The van der Waals surface area contributed by atoms with Gasteiger partial charge in [0.25, 0.3) is 0 Å².